The van der Waals surface area contributed by atoms with Crippen molar-refractivity contribution in [3.05, 3.63) is 35.9 Å². The Labute approximate surface area is 151 Å². The lowest BCUT2D eigenvalue weighted by atomic mass is 9.76. The van der Waals surface area contributed by atoms with Crippen LogP contribution >= 0.6 is 0 Å². The van der Waals surface area contributed by atoms with E-state index in [0.717, 1.165) is 31.2 Å². The topological polar surface area (TPSA) is 47.9 Å². The van der Waals surface area contributed by atoms with E-state index in [0.29, 0.717) is 19.6 Å². The van der Waals surface area contributed by atoms with Gasteiger partial charge in [-0.2, -0.15) is 0 Å². The van der Waals surface area contributed by atoms with E-state index in [4.69, 9.17) is 14.2 Å². The molecule has 1 heterocycles. The SMILES string of the molecule is CC(C)(C)O[C@H]1C[C@@H](COCc2ccccc2)O[C@@]2(O)CCCC[C@@H]12. The van der Waals surface area contributed by atoms with Crippen LogP contribution in [0.2, 0.25) is 0 Å². The van der Waals surface area contributed by atoms with Crippen LogP contribution in [0.25, 0.3) is 0 Å². The van der Waals surface area contributed by atoms with Gasteiger partial charge in [0.05, 0.1) is 31.0 Å². The maximum atomic E-state index is 11.1. The normalized spacial score (nSPS) is 33.0. The number of fused-ring (bicyclic) bond motifs is 1. The molecule has 25 heavy (non-hydrogen) atoms. The summed E-state index contributed by atoms with van der Waals surface area (Å²) in [5, 5.41) is 11.1. The first-order chi connectivity index (χ1) is 11.9. The lowest BCUT2D eigenvalue weighted by Crippen LogP contribution is -2.58. The van der Waals surface area contributed by atoms with Gasteiger partial charge in [-0.15, -0.1) is 0 Å². The van der Waals surface area contributed by atoms with Crippen LogP contribution in [0.15, 0.2) is 30.3 Å². The van der Waals surface area contributed by atoms with Crippen molar-refractivity contribution in [2.75, 3.05) is 6.61 Å². The zero-order valence-corrected chi connectivity index (χ0v) is 15.7. The first kappa shape index (κ1) is 18.8. The molecule has 1 aliphatic heterocycles. The summed E-state index contributed by atoms with van der Waals surface area (Å²) in [6, 6.07) is 10.1. The number of benzene rings is 1. The summed E-state index contributed by atoms with van der Waals surface area (Å²) in [4.78, 5) is 0. The van der Waals surface area contributed by atoms with Gasteiger partial charge in [-0.25, -0.2) is 0 Å². The lowest BCUT2D eigenvalue weighted by Gasteiger charge is -2.50. The van der Waals surface area contributed by atoms with Crippen LogP contribution in [0.3, 0.4) is 0 Å². The second-order valence-corrected chi connectivity index (χ2v) is 8.44. The number of hydrogen-bond donors (Lipinski definition) is 1. The summed E-state index contributed by atoms with van der Waals surface area (Å²) in [6.07, 6.45) is 4.47. The molecular formula is C21H32O4. The van der Waals surface area contributed by atoms with Crippen LogP contribution in [0.5, 0.6) is 0 Å². The van der Waals surface area contributed by atoms with Gasteiger partial charge >= 0.3 is 0 Å². The maximum absolute atomic E-state index is 11.1. The van der Waals surface area contributed by atoms with Crippen molar-refractivity contribution in [1.82, 2.24) is 0 Å². The van der Waals surface area contributed by atoms with Gasteiger partial charge < -0.3 is 19.3 Å². The van der Waals surface area contributed by atoms with Gasteiger partial charge in [0, 0.05) is 18.8 Å². The smallest absolute Gasteiger partial charge is 0.171 e. The second-order valence-electron chi connectivity index (χ2n) is 8.44. The number of ether oxygens (including phenoxy) is 3. The molecule has 0 radical (unpaired) electrons. The molecule has 0 unspecified atom stereocenters. The summed E-state index contributed by atoms with van der Waals surface area (Å²) in [7, 11) is 0. The van der Waals surface area contributed by atoms with Crippen LogP contribution in [0.1, 0.15) is 58.4 Å². The maximum Gasteiger partial charge on any atom is 0.171 e. The molecule has 1 aliphatic carbocycles. The third kappa shape index (κ3) is 5.04. The molecule has 4 heteroatoms. The average molecular weight is 348 g/mol. The lowest BCUT2D eigenvalue weighted by molar-refractivity contribution is -0.333. The van der Waals surface area contributed by atoms with E-state index >= 15 is 0 Å². The summed E-state index contributed by atoms with van der Waals surface area (Å²) in [6.45, 7) is 7.27. The monoisotopic (exact) mass is 348 g/mol. The molecule has 1 N–H and O–H groups in total. The van der Waals surface area contributed by atoms with Crippen molar-refractivity contribution in [3.8, 4) is 0 Å². The van der Waals surface area contributed by atoms with Gasteiger partial charge in [0.25, 0.3) is 0 Å². The molecule has 2 fully saturated rings. The van der Waals surface area contributed by atoms with Crippen molar-refractivity contribution >= 4 is 0 Å². The second kappa shape index (κ2) is 7.75. The number of rotatable bonds is 5. The highest BCUT2D eigenvalue weighted by Crippen LogP contribution is 2.44. The molecule has 1 saturated heterocycles. The Bertz CT molecular complexity index is 539. The molecule has 0 bridgehead atoms. The van der Waals surface area contributed by atoms with Crippen LogP contribution in [-0.2, 0) is 20.8 Å². The van der Waals surface area contributed by atoms with Crippen molar-refractivity contribution in [2.24, 2.45) is 5.92 Å². The van der Waals surface area contributed by atoms with Gasteiger partial charge in [-0.1, -0.05) is 36.8 Å². The van der Waals surface area contributed by atoms with E-state index in [1.165, 1.54) is 0 Å². The molecule has 3 rings (SSSR count). The Balaban J connectivity index is 1.62. The minimum absolute atomic E-state index is 0.0179. The van der Waals surface area contributed by atoms with Crippen LogP contribution in [0.4, 0.5) is 0 Å². The fourth-order valence-corrected chi connectivity index (χ4v) is 4.11. The van der Waals surface area contributed by atoms with Crippen LogP contribution in [-0.4, -0.2) is 35.3 Å². The molecular weight excluding hydrogens is 316 g/mol. The summed E-state index contributed by atoms with van der Waals surface area (Å²) >= 11 is 0. The van der Waals surface area contributed by atoms with E-state index < -0.39 is 5.79 Å². The fraction of sp³-hybridized carbons (Fsp3) is 0.714. The van der Waals surface area contributed by atoms with Gasteiger partial charge in [0.15, 0.2) is 5.79 Å². The Morgan fingerprint density at radius 1 is 1.20 bits per heavy atom. The van der Waals surface area contributed by atoms with E-state index in [1.807, 2.05) is 18.2 Å². The van der Waals surface area contributed by atoms with Crippen LogP contribution in [0, 0.1) is 5.92 Å². The number of hydrogen-bond acceptors (Lipinski definition) is 4. The van der Waals surface area contributed by atoms with Crippen LogP contribution < -0.4 is 0 Å². The van der Waals surface area contributed by atoms with Crippen molar-refractivity contribution in [1.29, 1.82) is 0 Å². The fourth-order valence-electron chi connectivity index (χ4n) is 4.11. The molecule has 4 nitrogen and oxygen atoms in total. The predicted molar refractivity (Wildman–Crippen MR) is 97.1 cm³/mol. The molecule has 1 saturated carbocycles. The summed E-state index contributed by atoms with van der Waals surface area (Å²) in [5.74, 6) is -1.00. The van der Waals surface area contributed by atoms with Crippen molar-refractivity contribution in [2.45, 2.75) is 83.1 Å². The molecule has 140 valence electrons. The molecule has 0 amide bonds. The summed E-state index contributed by atoms with van der Waals surface area (Å²) < 4.78 is 18.3. The zero-order valence-electron chi connectivity index (χ0n) is 15.7. The quantitative estimate of drug-likeness (QED) is 0.872. The Morgan fingerprint density at radius 3 is 2.68 bits per heavy atom. The summed E-state index contributed by atoms with van der Waals surface area (Å²) in [5.41, 5.74) is 0.922. The first-order valence-corrected chi connectivity index (χ1v) is 9.55. The highest BCUT2D eigenvalue weighted by molar-refractivity contribution is 5.13. The molecule has 0 aromatic heterocycles. The predicted octanol–water partition coefficient (Wildman–Crippen LogP) is 4.05. The molecule has 2 aliphatic rings. The van der Waals surface area contributed by atoms with Gasteiger partial charge in [-0.05, 0) is 39.2 Å². The highest BCUT2D eigenvalue weighted by Gasteiger charge is 2.51. The van der Waals surface area contributed by atoms with E-state index in [9.17, 15) is 5.11 Å². The third-order valence-corrected chi connectivity index (χ3v) is 5.11. The molecule has 4 atom stereocenters. The third-order valence-electron chi connectivity index (χ3n) is 5.11. The standard InChI is InChI=1S/C21H32O4/c1-20(2,3)25-19-13-17(15-23-14-16-9-5-4-6-10-16)24-21(22)12-8-7-11-18(19)21/h4-6,9-10,17-19,22H,7-8,11-15H2,1-3H3/t17-,18-,19-,21-/m0/s1. The average Bonchev–Trinajstić information content (AvgIpc) is 2.54. The van der Waals surface area contributed by atoms with Crippen molar-refractivity contribution in [3.63, 3.8) is 0 Å². The van der Waals surface area contributed by atoms with E-state index in [2.05, 4.69) is 32.9 Å². The van der Waals surface area contributed by atoms with Gasteiger partial charge in [0.1, 0.15) is 0 Å². The Kier molecular flexibility index (Phi) is 5.84. The van der Waals surface area contributed by atoms with Crippen molar-refractivity contribution < 1.29 is 19.3 Å². The molecule has 1 aromatic rings. The van der Waals surface area contributed by atoms with Gasteiger partial charge in [0.2, 0.25) is 0 Å². The molecule has 1 aromatic carbocycles. The van der Waals surface area contributed by atoms with Gasteiger partial charge in [-0.3, -0.25) is 0 Å². The molecule has 0 spiro atoms. The van der Waals surface area contributed by atoms with E-state index in [1.54, 1.807) is 0 Å². The largest absolute Gasteiger partial charge is 0.374 e. The highest BCUT2D eigenvalue weighted by atomic mass is 16.6. The minimum atomic E-state index is -1.06. The first-order valence-electron chi connectivity index (χ1n) is 9.55. The number of aliphatic hydroxyl groups is 1. The Morgan fingerprint density at radius 2 is 1.96 bits per heavy atom. The zero-order chi connectivity index (χ0) is 17.9. The minimum Gasteiger partial charge on any atom is -0.374 e. The Hall–Kier alpha value is -0.940. The van der Waals surface area contributed by atoms with E-state index in [-0.39, 0.29) is 23.7 Å².